The molecule has 1 rings (SSSR count). The molecule has 1 aromatic heterocycles. The van der Waals surface area contributed by atoms with E-state index in [1.807, 2.05) is 46.8 Å². The van der Waals surface area contributed by atoms with Crippen LogP contribution < -0.4 is 10.6 Å². The zero-order chi connectivity index (χ0) is 22.7. The number of thioether (sulfide) groups is 1. The number of hydrogen-bond donors (Lipinski definition) is 2. The van der Waals surface area contributed by atoms with Gasteiger partial charge in [-0.3, -0.25) is 14.6 Å². The molecule has 1 heterocycles. The minimum Gasteiger partial charge on any atom is -0.444 e. The molecule has 0 spiro atoms. The van der Waals surface area contributed by atoms with Gasteiger partial charge in [0.1, 0.15) is 5.60 Å². The van der Waals surface area contributed by atoms with E-state index in [1.165, 1.54) is 11.8 Å². The molecule has 0 aliphatic rings. The summed E-state index contributed by atoms with van der Waals surface area (Å²) in [6.45, 7) is 11.5. The SMILES string of the molecule is CCC(=O)NC(CCCCNC(=O)OC(C)(C)C)C(=O)CSc1cc(C)nc(C)c1. The maximum atomic E-state index is 12.7. The molecule has 0 aliphatic carbocycles. The van der Waals surface area contributed by atoms with Gasteiger partial charge in [-0.1, -0.05) is 6.92 Å². The summed E-state index contributed by atoms with van der Waals surface area (Å²) in [5, 5.41) is 5.54. The predicted octanol–water partition coefficient (Wildman–Crippen LogP) is 3.95. The maximum absolute atomic E-state index is 12.7. The van der Waals surface area contributed by atoms with Crippen molar-refractivity contribution < 1.29 is 19.1 Å². The second-order valence-corrected chi connectivity index (χ2v) is 9.29. The van der Waals surface area contributed by atoms with E-state index in [-0.39, 0.29) is 17.4 Å². The molecule has 0 saturated carbocycles. The number of rotatable bonds is 11. The Morgan fingerprint density at radius 1 is 1.13 bits per heavy atom. The van der Waals surface area contributed by atoms with Crippen LogP contribution in [0.2, 0.25) is 0 Å². The van der Waals surface area contributed by atoms with Gasteiger partial charge in [0.25, 0.3) is 0 Å². The first-order valence-electron chi connectivity index (χ1n) is 10.4. The molecule has 0 aromatic carbocycles. The van der Waals surface area contributed by atoms with E-state index in [9.17, 15) is 14.4 Å². The number of carbonyl (C=O) groups is 3. The largest absolute Gasteiger partial charge is 0.444 e. The standard InChI is InChI=1S/C22H35N3O4S/c1-7-20(27)25-18(10-8-9-11-23-21(28)29-22(4,5)6)19(26)14-30-17-12-15(2)24-16(3)13-17/h12-13,18H,7-11,14H2,1-6H3,(H,23,28)(H,25,27). The highest BCUT2D eigenvalue weighted by Crippen LogP contribution is 2.20. The van der Waals surface area contributed by atoms with E-state index in [4.69, 9.17) is 4.74 Å². The van der Waals surface area contributed by atoms with Crippen molar-refractivity contribution in [1.82, 2.24) is 15.6 Å². The van der Waals surface area contributed by atoms with Crippen molar-refractivity contribution in [3.8, 4) is 0 Å². The second-order valence-electron chi connectivity index (χ2n) is 8.24. The first-order valence-corrected chi connectivity index (χ1v) is 11.4. The minimum atomic E-state index is -0.532. The second kappa shape index (κ2) is 12.6. The van der Waals surface area contributed by atoms with Crippen LogP contribution in [0.3, 0.4) is 0 Å². The number of ketones is 1. The van der Waals surface area contributed by atoms with Crippen molar-refractivity contribution in [1.29, 1.82) is 0 Å². The average Bonchev–Trinajstić information content (AvgIpc) is 2.62. The summed E-state index contributed by atoms with van der Waals surface area (Å²) in [4.78, 5) is 41.6. The molecular formula is C22H35N3O4S. The predicted molar refractivity (Wildman–Crippen MR) is 120 cm³/mol. The molecule has 8 heteroatoms. The van der Waals surface area contributed by atoms with Crippen LogP contribution in [0.4, 0.5) is 4.79 Å². The summed E-state index contributed by atoms with van der Waals surface area (Å²) in [6, 6.07) is 3.38. The number of hydrogen-bond acceptors (Lipinski definition) is 6. The summed E-state index contributed by atoms with van der Waals surface area (Å²) in [5.74, 6) is 0.142. The van der Waals surface area contributed by atoms with Crippen LogP contribution in [0, 0.1) is 13.8 Å². The number of nitrogens with one attached hydrogen (secondary N) is 2. The van der Waals surface area contributed by atoms with Gasteiger partial charge in [0.05, 0.1) is 11.8 Å². The highest BCUT2D eigenvalue weighted by atomic mass is 32.2. The molecule has 0 radical (unpaired) electrons. The number of aromatic nitrogens is 1. The van der Waals surface area contributed by atoms with Gasteiger partial charge in [0, 0.05) is 29.2 Å². The van der Waals surface area contributed by atoms with Gasteiger partial charge < -0.3 is 15.4 Å². The normalized spacial score (nSPS) is 12.2. The Morgan fingerprint density at radius 2 is 1.77 bits per heavy atom. The molecule has 0 fully saturated rings. The van der Waals surface area contributed by atoms with E-state index in [0.717, 1.165) is 16.3 Å². The van der Waals surface area contributed by atoms with Gasteiger partial charge in [-0.25, -0.2) is 4.79 Å². The van der Waals surface area contributed by atoms with Crippen LogP contribution in [-0.4, -0.2) is 46.7 Å². The van der Waals surface area contributed by atoms with Gasteiger partial charge >= 0.3 is 6.09 Å². The topological polar surface area (TPSA) is 97.4 Å². The maximum Gasteiger partial charge on any atom is 0.407 e. The number of carbonyl (C=O) groups excluding carboxylic acids is 3. The Morgan fingerprint density at radius 3 is 2.33 bits per heavy atom. The molecule has 1 atom stereocenters. The number of alkyl carbamates (subject to hydrolysis) is 1. The Kier molecular flexibility index (Phi) is 10.9. The highest BCUT2D eigenvalue weighted by molar-refractivity contribution is 8.00. The van der Waals surface area contributed by atoms with E-state index in [1.54, 1.807) is 6.92 Å². The third kappa shape index (κ3) is 11.2. The quantitative estimate of drug-likeness (QED) is 0.402. The molecule has 168 valence electrons. The van der Waals surface area contributed by atoms with Gasteiger partial charge in [-0.15, -0.1) is 11.8 Å². The van der Waals surface area contributed by atoms with Crippen LogP contribution in [0.15, 0.2) is 17.0 Å². The third-order valence-electron chi connectivity index (χ3n) is 4.07. The summed E-state index contributed by atoms with van der Waals surface area (Å²) in [5.41, 5.74) is 1.30. The molecular weight excluding hydrogens is 402 g/mol. The van der Waals surface area contributed by atoms with E-state index in [2.05, 4.69) is 15.6 Å². The number of pyridine rings is 1. The van der Waals surface area contributed by atoms with Gasteiger partial charge in [0.2, 0.25) is 5.91 Å². The van der Waals surface area contributed by atoms with E-state index in [0.29, 0.717) is 32.2 Å². The number of Topliss-reactive ketones (excluding diaryl/α,β-unsaturated/α-hetero) is 1. The van der Waals surface area contributed by atoms with E-state index >= 15 is 0 Å². The van der Waals surface area contributed by atoms with Gasteiger partial charge in [0.15, 0.2) is 5.78 Å². The molecule has 7 nitrogen and oxygen atoms in total. The lowest BCUT2D eigenvalue weighted by molar-refractivity contribution is -0.126. The Labute approximate surface area is 184 Å². The minimum absolute atomic E-state index is 0.00554. The van der Waals surface area contributed by atoms with Crippen molar-refractivity contribution in [2.75, 3.05) is 12.3 Å². The van der Waals surface area contributed by atoms with Gasteiger partial charge in [-0.2, -0.15) is 0 Å². The molecule has 0 bridgehead atoms. The van der Waals surface area contributed by atoms with Crippen LogP contribution in [0.25, 0.3) is 0 Å². The zero-order valence-electron chi connectivity index (χ0n) is 19.0. The third-order valence-corrected chi connectivity index (χ3v) is 5.07. The Bertz CT molecular complexity index is 711. The summed E-state index contributed by atoms with van der Waals surface area (Å²) in [7, 11) is 0. The molecule has 0 aliphatic heterocycles. The average molecular weight is 438 g/mol. The molecule has 2 N–H and O–H groups in total. The summed E-state index contributed by atoms with van der Waals surface area (Å²) < 4.78 is 5.19. The van der Waals surface area contributed by atoms with Crippen LogP contribution in [0.1, 0.15) is 64.8 Å². The fourth-order valence-corrected chi connectivity index (χ4v) is 3.74. The first kappa shape index (κ1) is 25.9. The Balaban J connectivity index is 2.50. The lowest BCUT2D eigenvalue weighted by Gasteiger charge is -2.20. The summed E-state index contributed by atoms with van der Waals surface area (Å²) in [6.07, 6.45) is 1.82. The lowest BCUT2D eigenvalue weighted by Crippen LogP contribution is -2.41. The Hall–Kier alpha value is -2.09. The number of amides is 2. The number of unbranched alkanes of at least 4 members (excludes halogenated alkanes) is 1. The van der Waals surface area contributed by atoms with Crippen molar-refractivity contribution in [2.24, 2.45) is 0 Å². The molecule has 1 aromatic rings. The first-order chi connectivity index (χ1) is 14.0. The van der Waals surface area contributed by atoms with Crippen molar-refractivity contribution in [3.63, 3.8) is 0 Å². The smallest absolute Gasteiger partial charge is 0.407 e. The monoisotopic (exact) mass is 437 g/mol. The fourth-order valence-electron chi connectivity index (χ4n) is 2.72. The molecule has 2 amide bonds. The zero-order valence-corrected chi connectivity index (χ0v) is 19.8. The van der Waals surface area contributed by atoms with Crippen molar-refractivity contribution >= 4 is 29.5 Å². The van der Waals surface area contributed by atoms with Gasteiger partial charge in [-0.05, 0) is 66.0 Å². The number of aryl methyl sites for hydroxylation is 2. The molecule has 1 unspecified atom stereocenters. The van der Waals surface area contributed by atoms with Crippen molar-refractivity contribution in [2.45, 2.75) is 83.8 Å². The van der Waals surface area contributed by atoms with Crippen LogP contribution in [-0.2, 0) is 14.3 Å². The molecule has 30 heavy (non-hydrogen) atoms. The van der Waals surface area contributed by atoms with E-state index < -0.39 is 17.7 Å². The number of ether oxygens (including phenoxy) is 1. The summed E-state index contributed by atoms with van der Waals surface area (Å²) >= 11 is 1.46. The van der Waals surface area contributed by atoms with Crippen LogP contribution in [0.5, 0.6) is 0 Å². The highest BCUT2D eigenvalue weighted by Gasteiger charge is 2.20. The van der Waals surface area contributed by atoms with Crippen molar-refractivity contribution in [3.05, 3.63) is 23.5 Å². The molecule has 0 saturated heterocycles. The van der Waals surface area contributed by atoms with Crippen LogP contribution >= 0.6 is 11.8 Å². The fraction of sp³-hybridized carbons (Fsp3) is 0.636. The number of nitrogens with zero attached hydrogens (tertiary/aromatic N) is 1. The lowest BCUT2D eigenvalue weighted by atomic mass is 10.1.